The van der Waals surface area contributed by atoms with Crippen molar-refractivity contribution in [2.45, 2.75) is 25.9 Å². The molecule has 148 valence electrons. The molecule has 0 saturated heterocycles. The van der Waals surface area contributed by atoms with Gasteiger partial charge in [-0.15, -0.1) is 5.10 Å². The van der Waals surface area contributed by atoms with Crippen molar-refractivity contribution in [3.8, 4) is 5.75 Å². The molecule has 30 heavy (non-hydrogen) atoms. The third-order valence-corrected chi connectivity index (χ3v) is 5.81. The van der Waals surface area contributed by atoms with E-state index in [1.54, 1.807) is 0 Å². The normalized spacial score (nSPS) is 11.8. The highest BCUT2D eigenvalue weighted by molar-refractivity contribution is 6.04. The van der Waals surface area contributed by atoms with Crippen molar-refractivity contribution in [2.75, 3.05) is 0 Å². The van der Waals surface area contributed by atoms with Gasteiger partial charge in [0.2, 0.25) is 0 Å². The number of fused-ring (bicyclic) bond motifs is 3. The number of hydrogen-bond acceptors (Lipinski definition) is 4. The maximum atomic E-state index is 6.12. The first-order valence-corrected chi connectivity index (χ1v) is 10.0. The SMILES string of the molecule is CC(C)(c1ccccc1)c1ccc(OCc2cc3nnoc3c3ccccc23)cc1. The Balaban J connectivity index is 1.40. The van der Waals surface area contributed by atoms with Crippen LogP contribution >= 0.6 is 0 Å². The molecule has 0 aliphatic heterocycles. The number of ether oxygens (including phenoxy) is 1. The molecule has 0 bridgehead atoms. The summed E-state index contributed by atoms with van der Waals surface area (Å²) in [5.41, 5.74) is 4.99. The highest BCUT2D eigenvalue weighted by Crippen LogP contribution is 2.33. The molecule has 4 heteroatoms. The van der Waals surface area contributed by atoms with Crippen molar-refractivity contribution < 1.29 is 9.26 Å². The molecule has 0 amide bonds. The Morgan fingerprint density at radius 3 is 2.23 bits per heavy atom. The number of hydrogen-bond donors (Lipinski definition) is 0. The van der Waals surface area contributed by atoms with Gasteiger partial charge in [-0.25, -0.2) is 0 Å². The van der Waals surface area contributed by atoms with Crippen LogP contribution in [0.3, 0.4) is 0 Å². The predicted molar refractivity (Wildman–Crippen MR) is 119 cm³/mol. The second kappa shape index (κ2) is 7.30. The average Bonchev–Trinajstić information content (AvgIpc) is 3.27. The molecule has 0 fully saturated rings. The minimum absolute atomic E-state index is 0.0685. The van der Waals surface area contributed by atoms with E-state index in [0.717, 1.165) is 27.6 Å². The van der Waals surface area contributed by atoms with E-state index in [0.29, 0.717) is 12.2 Å². The highest BCUT2D eigenvalue weighted by atomic mass is 16.5. The molecule has 1 aromatic heterocycles. The maximum Gasteiger partial charge on any atom is 0.195 e. The molecule has 5 aromatic rings. The van der Waals surface area contributed by atoms with E-state index >= 15 is 0 Å². The molecule has 1 heterocycles. The topological polar surface area (TPSA) is 48.2 Å². The zero-order chi connectivity index (χ0) is 20.6. The molecule has 0 aliphatic carbocycles. The molecular formula is C26H22N2O2. The summed E-state index contributed by atoms with van der Waals surface area (Å²) in [7, 11) is 0. The maximum absolute atomic E-state index is 6.12. The van der Waals surface area contributed by atoms with Crippen molar-refractivity contribution in [1.29, 1.82) is 0 Å². The molecular weight excluding hydrogens is 372 g/mol. The fraction of sp³-hybridized carbons (Fsp3) is 0.154. The van der Waals surface area contributed by atoms with Crippen LogP contribution in [-0.4, -0.2) is 10.4 Å². The number of aromatic nitrogens is 2. The average molecular weight is 394 g/mol. The van der Waals surface area contributed by atoms with Crippen LogP contribution in [0, 0.1) is 0 Å². The highest BCUT2D eigenvalue weighted by Gasteiger charge is 2.22. The van der Waals surface area contributed by atoms with Crippen molar-refractivity contribution in [3.63, 3.8) is 0 Å². The summed E-state index contributed by atoms with van der Waals surface area (Å²) in [5, 5.41) is 9.87. The minimum atomic E-state index is -0.0685. The van der Waals surface area contributed by atoms with Crippen LogP contribution < -0.4 is 4.74 Å². The third-order valence-electron chi connectivity index (χ3n) is 5.81. The Labute approximate surface area is 175 Å². The van der Waals surface area contributed by atoms with Crippen LogP contribution in [0.25, 0.3) is 21.9 Å². The third kappa shape index (κ3) is 3.20. The summed E-state index contributed by atoms with van der Waals surface area (Å²) in [6.07, 6.45) is 0. The van der Waals surface area contributed by atoms with Gasteiger partial charge in [0.05, 0.1) is 0 Å². The Bertz CT molecular complexity index is 1310. The fourth-order valence-corrected chi connectivity index (χ4v) is 3.95. The summed E-state index contributed by atoms with van der Waals surface area (Å²) < 4.78 is 11.4. The van der Waals surface area contributed by atoms with E-state index in [-0.39, 0.29) is 5.41 Å². The molecule has 0 radical (unpaired) electrons. The van der Waals surface area contributed by atoms with Gasteiger partial charge >= 0.3 is 0 Å². The van der Waals surface area contributed by atoms with Crippen molar-refractivity contribution >= 4 is 21.9 Å². The van der Waals surface area contributed by atoms with Crippen molar-refractivity contribution in [1.82, 2.24) is 10.4 Å². The van der Waals surface area contributed by atoms with Crippen LogP contribution in [0.5, 0.6) is 5.75 Å². The van der Waals surface area contributed by atoms with Gasteiger partial charge in [0.1, 0.15) is 17.9 Å². The van der Waals surface area contributed by atoms with Gasteiger partial charge in [-0.2, -0.15) is 0 Å². The van der Waals surface area contributed by atoms with Gasteiger partial charge in [0.25, 0.3) is 0 Å². The molecule has 4 nitrogen and oxygen atoms in total. The van der Waals surface area contributed by atoms with Crippen molar-refractivity contribution in [3.05, 3.63) is 102 Å². The summed E-state index contributed by atoms with van der Waals surface area (Å²) in [6, 6.07) is 29.0. The summed E-state index contributed by atoms with van der Waals surface area (Å²) in [6.45, 7) is 4.93. The molecule has 0 unspecified atom stereocenters. The molecule has 4 aromatic carbocycles. The van der Waals surface area contributed by atoms with Gasteiger partial charge < -0.3 is 9.26 Å². The van der Waals surface area contributed by atoms with E-state index in [1.807, 2.05) is 42.5 Å². The Kier molecular flexibility index (Phi) is 4.47. The number of rotatable bonds is 5. The Morgan fingerprint density at radius 1 is 0.800 bits per heavy atom. The van der Waals surface area contributed by atoms with E-state index < -0.39 is 0 Å². The first-order valence-electron chi connectivity index (χ1n) is 10.0. The number of nitrogens with zero attached hydrogens (tertiary/aromatic N) is 2. The molecule has 0 atom stereocenters. The van der Waals surface area contributed by atoms with E-state index in [9.17, 15) is 0 Å². The largest absolute Gasteiger partial charge is 0.489 e. The van der Waals surface area contributed by atoms with Crippen LogP contribution in [0.2, 0.25) is 0 Å². The molecule has 5 rings (SSSR count). The van der Waals surface area contributed by atoms with Gasteiger partial charge in [-0.1, -0.05) is 80.6 Å². The fourth-order valence-electron chi connectivity index (χ4n) is 3.95. The van der Waals surface area contributed by atoms with Crippen LogP contribution in [0.4, 0.5) is 0 Å². The molecule has 0 saturated carbocycles. The van der Waals surface area contributed by atoms with Gasteiger partial charge in [-0.3, -0.25) is 0 Å². The summed E-state index contributed by atoms with van der Waals surface area (Å²) in [4.78, 5) is 0. The Morgan fingerprint density at radius 2 is 1.47 bits per heavy atom. The van der Waals surface area contributed by atoms with Crippen LogP contribution in [0.1, 0.15) is 30.5 Å². The second-order valence-electron chi connectivity index (χ2n) is 8.01. The smallest absolute Gasteiger partial charge is 0.195 e. The van der Waals surface area contributed by atoms with Gasteiger partial charge in [0.15, 0.2) is 5.58 Å². The lowest BCUT2D eigenvalue weighted by Gasteiger charge is -2.26. The van der Waals surface area contributed by atoms with E-state index in [1.165, 1.54) is 11.1 Å². The van der Waals surface area contributed by atoms with Gasteiger partial charge in [0, 0.05) is 16.1 Å². The zero-order valence-corrected chi connectivity index (χ0v) is 17.0. The lowest BCUT2D eigenvalue weighted by molar-refractivity contribution is 0.307. The quantitative estimate of drug-likeness (QED) is 0.352. The molecule has 0 N–H and O–H groups in total. The predicted octanol–water partition coefficient (Wildman–Crippen LogP) is 6.28. The first-order chi connectivity index (χ1) is 14.6. The first kappa shape index (κ1) is 18.4. The monoisotopic (exact) mass is 394 g/mol. The van der Waals surface area contributed by atoms with E-state index in [2.05, 4.69) is 66.7 Å². The molecule has 0 aliphatic rings. The Hall–Kier alpha value is -3.66. The second-order valence-corrected chi connectivity index (χ2v) is 8.01. The minimum Gasteiger partial charge on any atom is -0.489 e. The van der Waals surface area contributed by atoms with Crippen LogP contribution in [0.15, 0.2) is 89.5 Å². The van der Waals surface area contributed by atoms with E-state index in [4.69, 9.17) is 9.26 Å². The lowest BCUT2D eigenvalue weighted by Crippen LogP contribution is -2.18. The summed E-state index contributed by atoms with van der Waals surface area (Å²) >= 11 is 0. The van der Waals surface area contributed by atoms with Crippen molar-refractivity contribution in [2.24, 2.45) is 0 Å². The lowest BCUT2D eigenvalue weighted by atomic mass is 9.78. The zero-order valence-electron chi connectivity index (χ0n) is 17.0. The van der Waals surface area contributed by atoms with Crippen LogP contribution in [-0.2, 0) is 12.0 Å². The summed E-state index contributed by atoms with van der Waals surface area (Å²) in [5.74, 6) is 0.838. The number of benzene rings is 4. The standard InChI is InChI=1S/C26H22N2O2/c1-26(2,19-8-4-3-5-9-19)20-12-14-21(15-13-20)29-17-18-16-24-25(30-28-27-24)23-11-7-6-10-22(18)23/h3-16H,17H2,1-2H3. The van der Waals surface area contributed by atoms with Gasteiger partial charge in [-0.05, 0) is 40.3 Å². The molecule has 0 spiro atoms.